The van der Waals surface area contributed by atoms with E-state index in [1.54, 1.807) is 7.11 Å². The number of methoxy groups -OCH3 is 1. The zero-order valence-electron chi connectivity index (χ0n) is 15.8. The average molecular weight is 407 g/mol. The molecule has 0 radical (unpaired) electrons. The molecular formula is C25H24ClOP. The van der Waals surface area contributed by atoms with Gasteiger partial charge in [-0.2, -0.15) is 0 Å². The van der Waals surface area contributed by atoms with E-state index in [2.05, 4.69) is 84.9 Å². The van der Waals surface area contributed by atoms with Crippen molar-refractivity contribution in [1.29, 1.82) is 0 Å². The molecule has 0 aliphatic carbocycles. The SMILES string of the molecule is COc1ccc(-c2ccccc2)cc1.Cl.c1ccc(Pc2ccccc2)cc1. The van der Waals surface area contributed by atoms with E-state index >= 15 is 0 Å². The Morgan fingerprint density at radius 3 is 1.32 bits per heavy atom. The lowest BCUT2D eigenvalue weighted by atomic mass is 10.1. The number of ether oxygens (including phenoxy) is 1. The molecule has 0 aliphatic heterocycles. The van der Waals surface area contributed by atoms with E-state index < -0.39 is 0 Å². The van der Waals surface area contributed by atoms with Gasteiger partial charge in [-0.1, -0.05) is 112 Å². The molecule has 0 aromatic heterocycles. The monoisotopic (exact) mass is 406 g/mol. The zero-order chi connectivity index (χ0) is 18.7. The van der Waals surface area contributed by atoms with E-state index in [4.69, 9.17) is 4.74 Å². The summed E-state index contributed by atoms with van der Waals surface area (Å²) in [6, 6.07) is 39.5. The second kappa shape index (κ2) is 12.0. The maximum absolute atomic E-state index is 5.11. The standard InChI is InChI=1S/C13H12O.C12H11P.ClH/c1-14-13-9-7-12(8-10-13)11-5-3-2-4-6-11;1-3-7-11(8-4-1)13-12-9-5-2-6-10-12;/h2-10H,1H3;1-10,13H;1H. The third-order valence-electron chi connectivity index (χ3n) is 4.03. The number of halogens is 1. The average Bonchev–Trinajstić information content (AvgIpc) is 2.76. The van der Waals surface area contributed by atoms with Gasteiger partial charge in [0.2, 0.25) is 0 Å². The highest BCUT2D eigenvalue weighted by Crippen LogP contribution is 2.21. The van der Waals surface area contributed by atoms with Crippen molar-refractivity contribution in [2.24, 2.45) is 0 Å². The molecule has 0 N–H and O–H groups in total. The Morgan fingerprint density at radius 1 is 0.500 bits per heavy atom. The van der Waals surface area contributed by atoms with Gasteiger partial charge in [-0.05, 0) is 33.9 Å². The number of benzene rings is 4. The van der Waals surface area contributed by atoms with Gasteiger partial charge in [0.25, 0.3) is 0 Å². The Labute approximate surface area is 175 Å². The smallest absolute Gasteiger partial charge is 0.118 e. The van der Waals surface area contributed by atoms with Crippen LogP contribution in [0.1, 0.15) is 0 Å². The maximum atomic E-state index is 5.11. The van der Waals surface area contributed by atoms with Crippen molar-refractivity contribution in [1.82, 2.24) is 0 Å². The highest BCUT2D eigenvalue weighted by atomic mass is 35.5. The van der Waals surface area contributed by atoms with Gasteiger partial charge in [0.05, 0.1) is 7.11 Å². The summed E-state index contributed by atoms with van der Waals surface area (Å²) in [5.74, 6) is 0.893. The van der Waals surface area contributed by atoms with Crippen LogP contribution in [-0.4, -0.2) is 7.11 Å². The second-order valence-electron chi connectivity index (χ2n) is 5.95. The number of hydrogen-bond acceptors (Lipinski definition) is 1. The van der Waals surface area contributed by atoms with Gasteiger partial charge in [-0.25, -0.2) is 0 Å². The van der Waals surface area contributed by atoms with Gasteiger partial charge in [0.1, 0.15) is 5.75 Å². The summed E-state index contributed by atoms with van der Waals surface area (Å²) in [6.07, 6.45) is 0. The van der Waals surface area contributed by atoms with Crippen LogP contribution < -0.4 is 15.3 Å². The van der Waals surface area contributed by atoms with E-state index in [0.717, 1.165) is 14.3 Å². The van der Waals surface area contributed by atoms with E-state index in [0.29, 0.717) is 0 Å². The van der Waals surface area contributed by atoms with Crippen LogP contribution in [0.5, 0.6) is 5.75 Å². The summed E-state index contributed by atoms with van der Waals surface area (Å²) in [7, 11) is 2.45. The summed E-state index contributed by atoms with van der Waals surface area (Å²) in [4.78, 5) is 0. The molecule has 0 heterocycles. The molecule has 0 amide bonds. The minimum atomic E-state index is 0. The van der Waals surface area contributed by atoms with Crippen LogP contribution in [0, 0.1) is 0 Å². The van der Waals surface area contributed by atoms with Crippen LogP contribution in [-0.2, 0) is 0 Å². The summed E-state index contributed by atoms with van der Waals surface area (Å²) in [5.41, 5.74) is 2.45. The van der Waals surface area contributed by atoms with Crippen LogP contribution in [0.2, 0.25) is 0 Å². The molecule has 28 heavy (non-hydrogen) atoms. The minimum Gasteiger partial charge on any atom is -0.497 e. The van der Waals surface area contributed by atoms with Crippen LogP contribution in [0.15, 0.2) is 115 Å². The van der Waals surface area contributed by atoms with Crippen molar-refractivity contribution in [2.45, 2.75) is 0 Å². The summed E-state index contributed by atoms with van der Waals surface area (Å²) >= 11 is 0. The molecule has 0 atom stereocenters. The lowest BCUT2D eigenvalue weighted by Gasteiger charge is -2.02. The zero-order valence-corrected chi connectivity index (χ0v) is 17.6. The first kappa shape index (κ1) is 21.7. The molecule has 0 unspecified atom stereocenters. The van der Waals surface area contributed by atoms with Gasteiger partial charge in [-0.3, -0.25) is 0 Å². The summed E-state index contributed by atoms with van der Waals surface area (Å²) < 4.78 is 5.11. The van der Waals surface area contributed by atoms with E-state index in [1.165, 1.54) is 21.7 Å². The predicted octanol–water partition coefficient (Wildman–Crippen LogP) is 6.10. The van der Waals surface area contributed by atoms with Gasteiger partial charge < -0.3 is 4.74 Å². The van der Waals surface area contributed by atoms with Crippen molar-refractivity contribution < 1.29 is 4.74 Å². The van der Waals surface area contributed by atoms with Gasteiger partial charge in [0, 0.05) is 0 Å². The fraction of sp³-hybridized carbons (Fsp3) is 0.0400. The first-order chi connectivity index (χ1) is 13.3. The van der Waals surface area contributed by atoms with Crippen LogP contribution >= 0.6 is 21.0 Å². The third kappa shape index (κ3) is 6.85. The normalized spacial score (nSPS) is 9.46. The predicted molar refractivity (Wildman–Crippen MR) is 126 cm³/mol. The summed E-state index contributed by atoms with van der Waals surface area (Å²) in [5, 5.41) is 2.79. The van der Waals surface area contributed by atoms with Crippen LogP contribution in [0.4, 0.5) is 0 Å². The fourth-order valence-electron chi connectivity index (χ4n) is 2.62. The van der Waals surface area contributed by atoms with Gasteiger partial charge in [-0.15, -0.1) is 12.4 Å². The Bertz CT molecular complexity index is 873. The topological polar surface area (TPSA) is 9.23 Å². The molecule has 0 bridgehead atoms. The Morgan fingerprint density at radius 2 is 0.893 bits per heavy atom. The van der Waals surface area contributed by atoms with Crippen LogP contribution in [0.25, 0.3) is 11.1 Å². The molecule has 4 aromatic rings. The third-order valence-corrected chi connectivity index (χ3v) is 5.28. The van der Waals surface area contributed by atoms with E-state index in [9.17, 15) is 0 Å². The molecule has 1 nitrogen and oxygen atoms in total. The molecule has 0 spiro atoms. The molecule has 4 aromatic carbocycles. The number of hydrogen-bond donors (Lipinski definition) is 0. The van der Waals surface area contributed by atoms with Gasteiger partial charge in [0.15, 0.2) is 0 Å². The lowest BCUT2D eigenvalue weighted by Crippen LogP contribution is -2.01. The van der Waals surface area contributed by atoms with Crippen molar-refractivity contribution >= 4 is 31.6 Å². The second-order valence-corrected chi connectivity index (χ2v) is 7.36. The van der Waals surface area contributed by atoms with Crippen LogP contribution in [0.3, 0.4) is 0 Å². The quantitative estimate of drug-likeness (QED) is 0.372. The van der Waals surface area contributed by atoms with Crippen molar-refractivity contribution in [3.8, 4) is 16.9 Å². The Balaban J connectivity index is 0.000000194. The molecule has 3 heteroatoms. The van der Waals surface area contributed by atoms with Crippen molar-refractivity contribution in [2.75, 3.05) is 7.11 Å². The van der Waals surface area contributed by atoms with Crippen molar-refractivity contribution in [3.05, 3.63) is 115 Å². The molecule has 0 saturated heterocycles. The maximum Gasteiger partial charge on any atom is 0.118 e. The first-order valence-electron chi connectivity index (χ1n) is 8.92. The Hall–Kier alpha value is -2.60. The largest absolute Gasteiger partial charge is 0.497 e. The molecule has 0 fully saturated rings. The molecule has 4 rings (SSSR count). The fourth-order valence-corrected chi connectivity index (χ4v) is 3.68. The van der Waals surface area contributed by atoms with E-state index in [-0.39, 0.29) is 12.4 Å². The Kier molecular flexibility index (Phi) is 9.28. The highest BCUT2D eigenvalue weighted by Gasteiger charge is 1.96. The first-order valence-corrected chi connectivity index (χ1v) is 9.92. The lowest BCUT2D eigenvalue weighted by molar-refractivity contribution is 0.415. The molecular weight excluding hydrogens is 383 g/mol. The number of rotatable bonds is 4. The molecule has 142 valence electrons. The minimum absolute atomic E-state index is 0. The van der Waals surface area contributed by atoms with E-state index in [1.807, 2.05) is 30.3 Å². The summed E-state index contributed by atoms with van der Waals surface area (Å²) in [6.45, 7) is 0. The molecule has 0 saturated carbocycles. The highest BCUT2D eigenvalue weighted by molar-refractivity contribution is 7.55. The van der Waals surface area contributed by atoms with Gasteiger partial charge >= 0.3 is 0 Å². The molecule has 0 aliphatic rings. The van der Waals surface area contributed by atoms with Crippen molar-refractivity contribution in [3.63, 3.8) is 0 Å².